The Balaban J connectivity index is 3.76. The molecule has 2 heteroatoms. The number of nitrogens with zero attached hydrogens (tertiary/aromatic N) is 1. The van der Waals surface area contributed by atoms with Gasteiger partial charge in [0, 0.05) is 11.8 Å². The number of hydrogen-bond donors (Lipinski definition) is 0. The molecule has 0 heterocycles. The van der Waals surface area contributed by atoms with E-state index in [0.29, 0.717) is 11.8 Å². The quantitative estimate of drug-likeness (QED) is 0.0394. The van der Waals surface area contributed by atoms with E-state index in [1.54, 1.807) is 0 Å². The van der Waals surface area contributed by atoms with Gasteiger partial charge in [-0.2, -0.15) is 0 Å². The Morgan fingerprint density at radius 2 is 0.558 bits per heavy atom. The minimum atomic E-state index is -0.00573. The van der Waals surface area contributed by atoms with Crippen LogP contribution in [0.25, 0.3) is 0 Å². The van der Waals surface area contributed by atoms with E-state index < -0.39 is 0 Å². The lowest BCUT2D eigenvalue weighted by molar-refractivity contribution is -0.868. The molecule has 0 N–H and O–H groups in total. The molecule has 0 fully saturated rings. The number of hydrogen-bond acceptors (Lipinski definition) is 1. The second-order valence-corrected chi connectivity index (χ2v) is 15.0. The highest BCUT2D eigenvalue weighted by molar-refractivity contribution is 4.63. The Morgan fingerprint density at radius 1 is 0.349 bits per heavy atom. The van der Waals surface area contributed by atoms with Crippen LogP contribution in [0.15, 0.2) is 0 Å². The first kappa shape index (κ1) is 42.9. The van der Waals surface area contributed by atoms with Gasteiger partial charge in [-0.15, -0.1) is 0 Å². The largest absolute Gasteiger partial charge is 0.633 e. The second kappa shape index (κ2) is 33.3. The molecule has 2 nitrogen and oxygen atoms in total. The smallest absolute Gasteiger partial charge is 0.0810 e. The van der Waals surface area contributed by atoms with Gasteiger partial charge < -0.3 is 9.85 Å². The number of hydroxylamine groups is 3. The van der Waals surface area contributed by atoms with Crippen molar-refractivity contribution >= 4 is 0 Å². The number of quaternary nitrogens is 1. The van der Waals surface area contributed by atoms with Crippen LogP contribution < -0.4 is 0 Å². The molecule has 0 aromatic rings. The van der Waals surface area contributed by atoms with Crippen molar-refractivity contribution in [2.75, 3.05) is 20.1 Å². The summed E-state index contributed by atoms with van der Waals surface area (Å²) in [6, 6.07) is 0. The summed E-state index contributed by atoms with van der Waals surface area (Å²) in [5, 5.41) is 13.5. The molecule has 260 valence electrons. The molecule has 0 spiro atoms. The number of rotatable bonds is 36. The summed E-state index contributed by atoms with van der Waals surface area (Å²) in [7, 11) is 1.97. The third-order valence-electron chi connectivity index (χ3n) is 10.4. The molecule has 0 saturated carbocycles. The molecule has 0 bridgehead atoms. The maximum Gasteiger partial charge on any atom is 0.0810 e. The third-order valence-corrected chi connectivity index (χ3v) is 10.4. The van der Waals surface area contributed by atoms with E-state index in [1.807, 2.05) is 7.05 Å². The van der Waals surface area contributed by atoms with Gasteiger partial charge in [0.15, 0.2) is 0 Å². The lowest BCUT2D eigenvalue weighted by atomic mass is 9.94. The van der Waals surface area contributed by atoms with Crippen LogP contribution in [0.5, 0.6) is 0 Å². The maximum absolute atomic E-state index is 13.5. The van der Waals surface area contributed by atoms with Crippen LogP contribution in [0.3, 0.4) is 0 Å². The normalized spacial score (nSPS) is 14.7. The zero-order valence-corrected chi connectivity index (χ0v) is 31.1. The van der Waals surface area contributed by atoms with Crippen molar-refractivity contribution in [3.05, 3.63) is 5.21 Å². The molecule has 2 atom stereocenters. The van der Waals surface area contributed by atoms with E-state index in [0.717, 1.165) is 13.1 Å². The highest BCUT2D eigenvalue weighted by atomic mass is 16.5. The molecule has 0 radical (unpaired) electrons. The van der Waals surface area contributed by atoms with Gasteiger partial charge in [0.2, 0.25) is 0 Å². The summed E-state index contributed by atoms with van der Waals surface area (Å²) < 4.78 is -0.00573. The van der Waals surface area contributed by atoms with Crippen molar-refractivity contribution in [3.63, 3.8) is 0 Å². The minimum Gasteiger partial charge on any atom is -0.633 e. The fourth-order valence-electron chi connectivity index (χ4n) is 7.27. The Labute approximate surface area is 274 Å². The van der Waals surface area contributed by atoms with Gasteiger partial charge in [-0.3, -0.25) is 0 Å². The molecule has 0 rings (SSSR count). The van der Waals surface area contributed by atoms with Crippen molar-refractivity contribution < 1.29 is 4.65 Å². The third kappa shape index (κ3) is 31.7. The van der Waals surface area contributed by atoms with Crippen LogP contribution in [0.4, 0.5) is 0 Å². The predicted octanol–water partition coefficient (Wildman–Crippen LogP) is 14.7. The van der Waals surface area contributed by atoms with Gasteiger partial charge in [0.25, 0.3) is 0 Å². The van der Waals surface area contributed by atoms with Crippen LogP contribution >= 0.6 is 0 Å². The summed E-state index contributed by atoms with van der Waals surface area (Å²) in [6.45, 7) is 10.9. The van der Waals surface area contributed by atoms with Crippen LogP contribution in [-0.4, -0.2) is 24.8 Å². The highest BCUT2D eigenvalue weighted by Crippen LogP contribution is 2.24. The van der Waals surface area contributed by atoms with E-state index in [2.05, 4.69) is 27.7 Å². The highest BCUT2D eigenvalue weighted by Gasteiger charge is 2.21. The summed E-state index contributed by atoms with van der Waals surface area (Å²) in [5.74, 6) is 1.22. The molecule has 0 aliphatic carbocycles. The van der Waals surface area contributed by atoms with Crippen LogP contribution in [0.1, 0.15) is 233 Å². The van der Waals surface area contributed by atoms with Crippen LogP contribution in [-0.2, 0) is 0 Å². The Kier molecular flexibility index (Phi) is 33.2. The average molecular weight is 608 g/mol. The van der Waals surface area contributed by atoms with Crippen molar-refractivity contribution in [1.29, 1.82) is 0 Å². The monoisotopic (exact) mass is 608 g/mol. The van der Waals surface area contributed by atoms with Gasteiger partial charge in [-0.1, -0.05) is 207 Å². The van der Waals surface area contributed by atoms with Crippen LogP contribution in [0, 0.1) is 17.0 Å². The number of unbranched alkanes of at least 4 members (excludes halogenated alkanes) is 26. The molecule has 0 aliphatic rings. The van der Waals surface area contributed by atoms with E-state index in [9.17, 15) is 5.21 Å². The molecule has 2 unspecified atom stereocenters. The minimum absolute atomic E-state index is 0.00573. The fraction of sp³-hybridized carbons (Fsp3) is 1.00. The van der Waals surface area contributed by atoms with E-state index in [-0.39, 0.29) is 4.65 Å². The topological polar surface area (TPSA) is 23.1 Å². The van der Waals surface area contributed by atoms with Gasteiger partial charge in [0.05, 0.1) is 20.1 Å². The Bertz CT molecular complexity index is 474. The standard InChI is InChI=1S/C41H85NO/c1-6-10-12-14-16-18-20-22-24-26-28-30-32-34-36-40(8-3)38-42(5,43)39-41(9-4)37-35-33-31-29-27-25-23-21-19-17-15-13-11-7-2/h40-41H,6-39H2,1-5H3. The molecule has 0 aromatic heterocycles. The SMILES string of the molecule is CCCCCCCCCCCCCCCCC(CC)C[N+](C)([O-])CC(CC)CCCCCCCCCCCCCCCC. The summed E-state index contributed by atoms with van der Waals surface area (Å²) >= 11 is 0. The van der Waals surface area contributed by atoms with E-state index in [4.69, 9.17) is 0 Å². The summed E-state index contributed by atoms with van der Waals surface area (Å²) in [4.78, 5) is 0. The van der Waals surface area contributed by atoms with E-state index >= 15 is 0 Å². The molecular formula is C41H85NO. The maximum atomic E-state index is 13.5. The van der Waals surface area contributed by atoms with Crippen molar-refractivity contribution in [2.45, 2.75) is 233 Å². The van der Waals surface area contributed by atoms with Gasteiger partial charge in [-0.25, -0.2) is 0 Å². The average Bonchev–Trinajstić information content (AvgIpc) is 3.00. The Hall–Kier alpha value is -0.0800. The first-order chi connectivity index (χ1) is 21.0. The zero-order valence-electron chi connectivity index (χ0n) is 31.1. The molecule has 0 aliphatic heterocycles. The summed E-state index contributed by atoms with van der Waals surface area (Å²) in [5.41, 5.74) is 0. The lowest BCUT2D eigenvalue weighted by Gasteiger charge is -2.43. The van der Waals surface area contributed by atoms with Gasteiger partial charge >= 0.3 is 0 Å². The molecule has 43 heavy (non-hydrogen) atoms. The molecule has 0 aromatic carbocycles. The summed E-state index contributed by atoms with van der Waals surface area (Å²) in [6.07, 6.45) is 44.6. The first-order valence-corrected chi connectivity index (χ1v) is 20.5. The van der Waals surface area contributed by atoms with Gasteiger partial charge in [-0.05, 0) is 25.7 Å². The molecule has 0 amide bonds. The Morgan fingerprint density at radius 3 is 0.767 bits per heavy atom. The predicted molar refractivity (Wildman–Crippen MR) is 197 cm³/mol. The van der Waals surface area contributed by atoms with E-state index in [1.165, 1.54) is 205 Å². The fourth-order valence-corrected chi connectivity index (χ4v) is 7.27. The molecule has 0 saturated heterocycles. The van der Waals surface area contributed by atoms with Crippen molar-refractivity contribution in [3.8, 4) is 0 Å². The lowest BCUT2D eigenvalue weighted by Crippen LogP contribution is -2.45. The first-order valence-electron chi connectivity index (χ1n) is 20.5. The van der Waals surface area contributed by atoms with Gasteiger partial charge in [0.1, 0.15) is 0 Å². The molecular weight excluding hydrogens is 522 g/mol. The zero-order chi connectivity index (χ0) is 31.7. The van der Waals surface area contributed by atoms with Crippen molar-refractivity contribution in [2.24, 2.45) is 11.8 Å². The van der Waals surface area contributed by atoms with Crippen molar-refractivity contribution in [1.82, 2.24) is 0 Å². The van der Waals surface area contributed by atoms with Crippen LogP contribution in [0.2, 0.25) is 0 Å². The second-order valence-electron chi connectivity index (χ2n) is 15.0.